The van der Waals surface area contributed by atoms with Gasteiger partial charge in [0.15, 0.2) is 0 Å². The molecule has 3 aromatic rings. The van der Waals surface area contributed by atoms with E-state index in [1.807, 2.05) is 31.3 Å². The van der Waals surface area contributed by atoms with Gasteiger partial charge in [0, 0.05) is 11.8 Å². The first kappa shape index (κ1) is 20.8. The van der Waals surface area contributed by atoms with Crippen molar-refractivity contribution in [2.75, 3.05) is 14.2 Å². The summed E-state index contributed by atoms with van der Waals surface area (Å²) in [6.07, 6.45) is -3.17. The first-order valence-electron chi connectivity index (χ1n) is 8.40. The van der Waals surface area contributed by atoms with Crippen molar-refractivity contribution >= 4 is 11.9 Å². The number of hydrogen-bond donors (Lipinski definition) is 1. The predicted octanol–water partition coefficient (Wildman–Crippen LogP) is 5.67. The first-order chi connectivity index (χ1) is 13.9. The van der Waals surface area contributed by atoms with Crippen molar-refractivity contribution in [3.8, 4) is 34.3 Å². The summed E-state index contributed by atoms with van der Waals surface area (Å²) in [6.45, 7) is 0. The third kappa shape index (κ3) is 5.55. The maximum atomic E-state index is 12.3. The second kappa shape index (κ2) is 9.06. The normalized spacial score (nSPS) is 11.2. The van der Waals surface area contributed by atoms with Crippen LogP contribution in [0, 0.1) is 0 Å². The Morgan fingerprint density at radius 1 is 1.00 bits per heavy atom. The van der Waals surface area contributed by atoms with Gasteiger partial charge < -0.3 is 14.2 Å². The average Bonchev–Trinajstić information content (AvgIpc) is 2.69. The minimum absolute atomic E-state index is 0.322. The van der Waals surface area contributed by atoms with Crippen LogP contribution in [0.2, 0.25) is 0 Å². The van der Waals surface area contributed by atoms with Crippen LogP contribution in [0.1, 0.15) is 0 Å². The molecule has 1 N–H and O–H groups in total. The molecule has 0 unspecified atom stereocenters. The van der Waals surface area contributed by atoms with Gasteiger partial charge in [0.1, 0.15) is 17.2 Å². The SMILES string of the molecule is CNSc1cc(-c2cccnc2Oc2ccc(OC(F)(F)F)cc2)ccc1OC. The second-order valence-corrected chi connectivity index (χ2v) is 6.70. The van der Waals surface area contributed by atoms with Crippen molar-refractivity contribution in [2.45, 2.75) is 11.3 Å². The molecule has 0 aliphatic heterocycles. The number of hydrogen-bond acceptors (Lipinski definition) is 6. The number of methoxy groups -OCH3 is 1. The van der Waals surface area contributed by atoms with Crippen molar-refractivity contribution < 1.29 is 27.4 Å². The summed E-state index contributed by atoms with van der Waals surface area (Å²) in [5.41, 5.74) is 1.58. The van der Waals surface area contributed by atoms with Crippen LogP contribution in [0.25, 0.3) is 11.1 Å². The molecule has 0 bridgehead atoms. The molecule has 0 radical (unpaired) electrons. The second-order valence-electron chi connectivity index (χ2n) is 5.65. The largest absolute Gasteiger partial charge is 0.573 e. The molecular formula is C20H17F3N2O3S. The van der Waals surface area contributed by atoms with Gasteiger partial charge in [0.05, 0.1) is 12.0 Å². The van der Waals surface area contributed by atoms with Crippen LogP contribution in [0.5, 0.6) is 23.1 Å². The zero-order valence-corrected chi connectivity index (χ0v) is 16.3. The third-order valence-electron chi connectivity index (χ3n) is 3.73. The highest BCUT2D eigenvalue weighted by atomic mass is 32.2. The van der Waals surface area contributed by atoms with Gasteiger partial charge in [0.25, 0.3) is 0 Å². The zero-order valence-electron chi connectivity index (χ0n) is 15.5. The maximum absolute atomic E-state index is 12.3. The van der Waals surface area contributed by atoms with Crippen molar-refractivity contribution in [3.05, 3.63) is 60.8 Å². The Bertz CT molecular complexity index is 966. The average molecular weight is 422 g/mol. The Morgan fingerprint density at radius 2 is 1.72 bits per heavy atom. The van der Waals surface area contributed by atoms with Gasteiger partial charge in [0.2, 0.25) is 5.88 Å². The monoisotopic (exact) mass is 422 g/mol. The van der Waals surface area contributed by atoms with Gasteiger partial charge in [-0.15, -0.1) is 13.2 Å². The molecule has 0 aliphatic carbocycles. The molecule has 0 saturated heterocycles. The molecule has 29 heavy (non-hydrogen) atoms. The number of aromatic nitrogens is 1. The molecule has 0 fully saturated rings. The lowest BCUT2D eigenvalue weighted by atomic mass is 10.1. The molecule has 1 aromatic heterocycles. The standard InChI is InChI=1S/C20H17F3N2O3S/c1-24-29-18-12-13(5-10-17(18)26-2)16-4-3-11-25-19(16)27-14-6-8-15(9-7-14)28-20(21,22)23/h3-12,24H,1-2H3. The number of nitrogens with one attached hydrogen (secondary N) is 1. The Labute approximate surface area is 170 Å². The Morgan fingerprint density at radius 3 is 2.38 bits per heavy atom. The van der Waals surface area contributed by atoms with Crippen LogP contribution >= 0.6 is 11.9 Å². The van der Waals surface area contributed by atoms with E-state index in [-0.39, 0.29) is 5.75 Å². The Kier molecular flexibility index (Phi) is 6.50. The molecule has 5 nitrogen and oxygen atoms in total. The van der Waals surface area contributed by atoms with E-state index >= 15 is 0 Å². The predicted molar refractivity (Wildman–Crippen MR) is 104 cm³/mol. The van der Waals surface area contributed by atoms with E-state index in [0.717, 1.165) is 21.8 Å². The molecule has 0 amide bonds. The van der Waals surface area contributed by atoms with Crippen LogP contribution < -0.4 is 18.9 Å². The molecule has 0 spiro atoms. The van der Waals surface area contributed by atoms with Crippen LogP contribution in [0.15, 0.2) is 65.7 Å². The number of alkyl halides is 3. The van der Waals surface area contributed by atoms with Gasteiger partial charge in [-0.2, -0.15) is 0 Å². The summed E-state index contributed by atoms with van der Waals surface area (Å²) in [4.78, 5) is 5.15. The van der Waals surface area contributed by atoms with Gasteiger partial charge in [-0.3, -0.25) is 4.72 Å². The number of nitrogens with zero attached hydrogens (tertiary/aromatic N) is 1. The molecular weight excluding hydrogens is 405 g/mol. The quantitative estimate of drug-likeness (QED) is 0.495. The highest BCUT2D eigenvalue weighted by Gasteiger charge is 2.31. The van der Waals surface area contributed by atoms with Crippen molar-refractivity contribution in [1.82, 2.24) is 9.71 Å². The van der Waals surface area contributed by atoms with Gasteiger partial charge in [-0.25, -0.2) is 4.98 Å². The smallest absolute Gasteiger partial charge is 0.496 e. The zero-order chi connectivity index (χ0) is 20.9. The number of ether oxygens (including phenoxy) is 3. The number of benzene rings is 2. The lowest BCUT2D eigenvalue weighted by molar-refractivity contribution is -0.274. The Balaban J connectivity index is 1.87. The summed E-state index contributed by atoms with van der Waals surface area (Å²) in [5.74, 6) is 1.05. The van der Waals surface area contributed by atoms with E-state index in [0.29, 0.717) is 11.6 Å². The van der Waals surface area contributed by atoms with Gasteiger partial charge in [-0.05, 0) is 73.1 Å². The fourth-order valence-electron chi connectivity index (χ4n) is 2.55. The molecule has 0 atom stereocenters. The molecule has 0 aliphatic rings. The fraction of sp³-hybridized carbons (Fsp3) is 0.150. The lowest BCUT2D eigenvalue weighted by Crippen LogP contribution is -2.16. The number of halogens is 3. The van der Waals surface area contributed by atoms with Crippen molar-refractivity contribution in [2.24, 2.45) is 0 Å². The van der Waals surface area contributed by atoms with Gasteiger partial charge in [-0.1, -0.05) is 6.07 Å². The number of rotatable bonds is 7. The molecule has 0 saturated carbocycles. The van der Waals surface area contributed by atoms with Crippen molar-refractivity contribution in [1.29, 1.82) is 0 Å². The van der Waals surface area contributed by atoms with E-state index in [4.69, 9.17) is 9.47 Å². The minimum Gasteiger partial charge on any atom is -0.496 e. The first-order valence-corrected chi connectivity index (χ1v) is 9.22. The summed E-state index contributed by atoms with van der Waals surface area (Å²) < 4.78 is 54.9. The Hall–Kier alpha value is -2.91. The molecule has 9 heteroatoms. The molecule has 1 heterocycles. The summed E-state index contributed by atoms with van der Waals surface area (Å²) in [6, 6.07) is 14.4. The van der Waals surface area contributed by atoms with Crippen LogP contribution in [0.4, 0.5) is 13.2 Å². The van der Waals surface area contributed by atoms with Crippen LogP contribution in [-0.2, 0) is 0 Å². The topological polar surface area (TPSA) is 52.6 Å². The summed E-state index contributed by atoms with van der Waals surface area (Å²) >= 11 is 1.41. The van der Waals surface area contributed by atoms with E-state index in [1.54, 1.807) is 19.4 Å². The minimum atomic E-state index is -4.74. The maximum Gasteiger partial charge on any atom is 0.573 e. The summed E-state index contributed by atoms with van der Waals surface area (Å²) in [5, 5.41) is 0. The fourth-order valence-corrected chi connectivity index (χ4v) is 3.20. The lowest BCUT2D eigenvalue weighted by Gasteiger charge is -2.13. The van der Waals surface area contributed by atoms with E-state index in [1.165, 1.54) is 36.2 Å². The summed E-state index contributed by atoms with van der Waals surface area (Å²) in [7, 11) is 3.40. The van der Waals surface area contributed by atoms with E-state index in [2.05, 4.69) is 14.4 Å². The van der Waals surface area contributed by atoms with Crippen LogP contribution in [0.3, 0.4) is 0 Å². The van der Waals surface area contributed by atoms with E-state index in [9.17, 15) is 13.2 Å². The third-order valence-corrected chi connectivity index (χ3v) is 4.47. The van der Waals surface area contributed by atoms with Gasteiger partial charge >= 0.3 is 6.36 Å². The number of pyridine rings is 1. The van der Waals surface area contributed by atoms with E-state index < -0.39 is 6.36 Å². The van der Waals surface area contributed by atoms with Crippen molar-refractivity contribution in [3.63, 3.8) is 0 Å². The van der Waals surface area contributed by atoms with Crippen LogP contribution in [-0.4, -0.2) is 25.5 Å². The molecule has 3 rings (SSSR count). The molecule has 2 aromatic carbocycles. The highest BCUT2D eigenvalue weighted by Crippen LogP contribution is 2.37. The highest BCUT2D eigenvalue weighted by molar-refractivity contribution is 7.97. The molecule has 152 valence electrons.